The van der Waals surface area contributed by atoms with Crippen LogP contribution in [0.4, 0.5) is 0 Å². The van der Waals surface area contributed by atoms with Gasteiger partial charge >= 0.3 is 0 Å². The molecule has 0 spiro atoms. The van der Waals surface area contributed by atoms with Gasteiger partial charge in [-0.15, -0.1) is 0 Å². The monoisotopic (exact) mass is 710 g/mol. The zero-order chi connectivity index (χ0) is 36.5. The summed E-state index contributed by atoms with van der Waals surface area (Å²) in [7, 11) is 0. The Morgan fingerprint density at radius 3 is 1.43 bits per heavy atom. The molecular formula is C52H30N4. The van der Waals surface area contributed by atoms with Crippen LogP contribution in [0.25, 0.3) is 121 Å². The summed E-state index contributed by atoms with van der Waals surface area (Å²) >= 11 is 0. The Morgan fingerprint density at radius 2 is 0.786 bits per heavy atom. The lowest BCUT2D eigenvalue weighted by Gasteiger charge is -2.16. The molecule has 4 nitrogen and oxygen atoms in total. The lowest BCUT2D eigenvalue weighted by molar-refractivity contribution is 1.26. The molecule has 0 bridgehead atoms. The van der Waals surface area contributed by atoms with Crippen LogP contribution in [0.3, 0.4) is 0 Å². The van der Waals surface area contributed by atoms with Gasteiger partial charge in [0.25, 0.3) is 0 Å². The number of hydrogen-bond donors (Lipinski definition) is 0. The van der Waals surface area contributed by atoms with Crippen LogP contribution in [0.5, 0.6) is 0 Å². The molecule has 13 aromatic rings. The third-order valence-electron chi connectivity index (χ3n) is 12.0. The van der Waals surface area contributed by atoms with Crippen LogP contribution in [-0.2, 0) is 0 Å². The minimum atomic E-state index is 0.886. The maximum Gasteiger partial charge on any atom is 0.0979 e. The predicted octanol–water partition coefficient (Wildman–Crippen LogP) is 13.5. The van der Waals surface area contributed by atoms with E-state index in [0.29, 0.717) is 0 Å². The molecule has 13 rings (SSSR count). The first-order chi connectivity index (χ1) is 27.8. The quantitative estimate of drug-likeness (QED) is 0.171. The van der Waals surface area contributed by atoms with Crippen molar-refractivity contribution < 1.29 is 0 Å². The van der Waals surface area contributed by atoms with Crippen molar-refractivity contribution in [2.75, 3.05) is 0 Å². The summed E-state index contributed by atoms with van der Waals surface area (Å²) in [5.74, 6) is 0. The molecule has 4 aromatic heterocycles. The Bertz CT molecular complexity index is 3750. The average Bonchev–Trinajstić information content (AvgIpc) is 3.80. The highest BCUT2D eigenvalue weighted by molar-refractivity contribution is 6.37. The number of aromatic nitrogens is 4. The van der Waals surface area contributed by atoms with E-state index in [1.54, 1.807) is 0 Å². The molecule has 0 unspecified atom stereocenters. The summed E-state index contributed by atoms with van der Waals surface area (Å²) in [5, 5.41) is 10.0. The van der Waals surface area contributed by atoms with E-state index in [1.165, 1.54) is 81.9 Å². The largest absolute Gasteiger partial charge is 0.305 e. The minimum Gasteiger partial charge on any atom is -0.305 e. The summed E-state index contributed by atoms with van der Waals surface area (Å²) in [6.07, 6.45) is 0. The van der Waals surface area contributed by atoms with Crippen LogP contribution < -0.4 is 0 Å². The van der Waals surface area contributed by atoms with Gasteiger partial charge in [-0.25, -0.2) is 9.97 Å². The molecule has 56 heavy (non-hydrogen) atoms. The van der Waals surface area contributed by atoms with Crippen LogP contribution in [0.1, 0.15) is 0 Å². The molecule has 4 heteroatoms. The van der Waals surface area contributed by atoms with Crippen molar-refractivity contribution in [3.8, 4) is 33.6 Å². The Hall–Kier alpha value is -7.56. The lowest BCUT2D eigenvalue weighted by Crippen LogP contribution is -1.97. The van der Waals surface area contributed by atoms with E-state index in [4.69, 9.17) is 9.97 Å². The third-order valence-corrected chi connectivity index (χ3v) is 12.0. The first kappa shape index (κ1) is 29.8. The van der Waals surface area contributed by atoms with E-state index in [1.807, 2.05) is 24.3 Å². The number of rotatable bonds is 3. The maximum absolute atomic E-state index is 5.29. The Balaban J connectivity index is 1.13. The van der Waals surface area contributed by atoms with Crippen molar-refractivity contribution in [3.05, 3.63) is 182 Å². The fourth-order valence-electron chi connectivity index (χ4n) is 9.70. The van der Waals surface area contributed by atoms with Crippen molar-refractivity contribution in [1.29, 1.82) is 0 Å². The van der Waals surface area contributed by atoms with Gasteiger partial charge in [0.1, 0.15) is 0 Å². The van der Waals surface area contributed by atoms with E-state index in [9.17, 15) is 0 Å². The standard InChI is InChI=1S/C52H30N4/c1-2-14-31(15-3-1)49-50(54-42-21-9-8-20-41(42)53-49)37-29-28-33(34-16-4-5-17-35(34)37)32-26-27-36-40(30-32)48-39-19-7-11-23-44(39)56-46-25-13-12-24-45(46)55-43-22-10-6-18-38(43)47(36)51(55)52(48)56/h1-30H. The van der Waals surface area contributed by atoms with Crippen LogP contribution >= 0.6 is 0 Å². The Morgan fingerprint density at radius 1 is 0.304 bits per heavy atom. The van der Waals surface area contributed by atoms with Crippen LogP contribution in [-0.4, -0.2) is 18.8 Å². The van der Waals surface area contributed by atoms with E-state index < -0.39 is 0 Å². The molecule has 0 saturated heterocycles. The van der Waals surface area contributed by atoms with Gasteiger partial charge < -0.3 is 8.80 Å². The molecule has 0 aliphatic carbocycles. The molecule has 0 N–H and O–H groups in total. The lowest BCUT2D eigenvalue weighted by atomic mass is 9.90. The zero-order valence-corrected chi connectivity index (χ0v) is 30.1. The first-order valence-corrected chi connectivity index (χ1v) is 19.2. The Kier molecular flexibility index (Phi) is 5.86. The molecule has 4 heterocycles. The normalized spacial score (nSPS) is 12.3. The van der Waals surface area contributed by atoms with Gasteiger partial charge in [0.2, 0.25) is 0 Å². The maximum atomic E-state index is 5.29. The van der Waals surface area contributed by atoms with Gasteiger partial charge in [0, 0.05) is 32.7 Å². The molecule has 0 aliphatic heterocycles. The number of hydrogen-bond acceptors (Lipinski definition) is 2. The van der Waals surface area contributed by atoms with Crippen LogP contribution in [0.15, 0.2) is 182 Å². The minimum absolute atomic E-state index is 0.886. The van der Waals surface area contributed by atoms with E-state index in [2.05, 4.69) is 167 Å². The number of nitrogens with zero attached hydrogens (tertiary/aromatic N) is 4. The molecule has 0 fully saturated rings. The van der Waals surface area contributed by atoms with Crippen molar-refractivity contribution in [1.82, 2.24) is 18.8 Å². The summed E-state index contributed by atoms with van der Waals surface area (Å²) in [5.41, 5.74) is 15.5. The highest BCUT2D eigenvalue weighted by Crippen LogP contribution is 2.48. The summed E-state index contributed by atoms with van der Waals surface area (Å²) in [4.78, 5) is 10.5. The van der Waals surface area contributed by atoms with E-state index in [0.717, 1.165) is 38.9 Å². The van der Waals surface area contributed by atoms with Gasteiger partial charge in [-0.1, -0.05) is 140 Å². The van der Waals surface area contributed by atoms with Gasteiger partial charge in [-0.05, 0) is 75.1 Å². The van der Waals surface area contributed by atoms with Gasteiger partial charge in [0.15, 0.2) is 0 Å². The first-order valence-electron chi connectivity index (χ1n) is 19.2. The highest BCUT2D eigenvalue weighted by Gasteiger charge is 2.25. The summed E-state index contributed by atoms with van der Waals surface area (Å²) in [6, 6.07) is 65.7. The van der Waals surface area contributed by atoms with Crippen LogP contribution in [0.2, 0.25) is 0 Å². The van der Waals surface area contributed by atoms with Crippen LogP contribution in [0, 0.1) is 0 Å². The molecule has 9 aromatic carbocycles. The fraction of sp³-hybridized carbons (Fsp3) is 0. The number of benzene rings is 9. The molecule has 0 radical (unpaired) electrons. The Labute approximate surface area is 320 Å². The smallest absolute Gasteiger partial charge is 0.0979 e. The highest BCUT2D eigenvalue weighted by atomic mass is 15.0. The SMILES string of the molecule is c1ccc(-c2nc3ccccc3nc2-c2ccc(-c3ccc4c(c3)c3c5ccccc5n5c6ccccc6n6c7ccccc7c4c6c35)c3ccccc23)cc1. The molecule has 0 aliphatic rings. The molecule has 0 atom stereocenters. The summed E-state index contributed by atoms with van der Waals surface area (Å²) in [6.45, 7) is 0. The molecule has 0 amide bonds. The molecule has 258 valence electrons. The number of fused-ring (bicyclic) bond motifs is 14. The second-order valence-electron chi connectivity index (χ2n) is 14.9. The average molecular weight is 711 g/mol. The second kappa shape index (κ2) is 11.0. The van der Waals surface area contributed by atoms with Gasteiger partial charge in [-0.2, -0.15) is 0 Å². The van der Waals surface area contributed by atoms with Crippen molar-refractivity contribution in [3.63, 3.8) is 0 Å². The van der Waals surface area contributed by atoms with E-state index in [-0.39, 0.29) is 0 Å². The second-order valence-corrected chi connectivity index (χ2v) is 14.9. The topological polar surface area (TPSA) is 34.6 Å². The number of para-hydroxylation sites is 6. The van der Waals surface area contributed by atoms with E-state index >= 15 is 0 Å². The summed E-state index contributed by atoms with van der Waals surface area (Å²) < 4.78 is 5.01. The predicted molar refractivity (Wildman–Crippen MR) is 234 cm³/mol. The van der Waals surface area contributed by atoms with Gasteiger partial charge in [-0.3, -0.25) is 0 Å². The third kappa shape index (κ3) is 3.87. The van der Waals surface area contributed by atoms with Crippen molar-refractivity contribution in [2.45, 2.75) is 0 Å². The van der Waals surface area contributed by atoms with Crippen molar-refractivity contribution in [2.24, 2.45) is 0 Å². The van der Waals surface area contributed by atoms with Crippen molar-refractivity contribution >= 4 is 87.2 Å². The van der Waals surface area contributed by atoms with Gasteiger partial charge in [0.05, 0.1) is 55.5 Å². The molecule has 0 saturated carbocycles. The zero-order valence-electron chi connectivity index (χ0n) is 30.1. The molecular weight excluding hydrogens is 681 g/mol. The fourth-order valence-corrected chi connectivity index (χ4v) is 9.70.